The lowest BCUT2D eigenvalue weighted by atomic mass is 9.67. The van der Waals surface area contributed by atoms with Gasteiger partial charge in [0.2, 0.25) is 0 Å². The molecule has 1 fully saturated rings. The molecule has 0 amide bonds. The third kappa shape index (κ3) is 5.90. The number of unbranched alkanes of at least 4 members (excludes halogenated alkanes) is 4. The summed E-state index contributed by atoms with van der Waals surface area (Å²) >= 11 is 0. The molecule has 0 aromatic carbocycles. The molecule has 1 N–H and O–H groups in total. The average Bonchev–Trinajstić information content (AvgIpc) is 2.46. The first kappa shape index (κ1) is 19.0. The van der Waals surface area contributed by atoms with Crippen LogP contribution >= 0.6 is 0 Å². The van der Waals surface area contributed by atoms with Crippen LogP contribution in [-0.2, 0) is 4.74 Å². The van der Waals surface area contributed by atoms with Crippen LogP contribution in [0.3, 0.4) is 0 Å². The number of hydrogen-bond acceptors (Lipinski definition) is 2. The van der Waals surface area contributed by atoms with E-state index < -0.39 is 0 Å². The molecule has 1 aliphatic carbocycles. The van der Waals surface area contributed by atoms with Gasteiger partial charge in [-0.2, -0.15) is 0 Å². The predicted molar refractivity (Wildman–Crippen MR) is 92.8 cm³/mol. The van der Waals surface area contributed by atoms with E-state index >= 15 is 0 Å². The Labute approximate surface area is 133 Å². The summed E-state index contributed by atoms with van der Waals surface area (Å²) in [4.78, 5) is 0. The Hall–Kier alpha value is -0.0800. The van der Waals surface area contributed by atoms with Crippen LogP contribution in [0, 0.1) is 5.41 Å². The fraction of sp³-hybridized carbons (Fsp3) is 1.00. The Morgan fingerprint density at radius 1 is 0.952 bits per heavy atom. The van der Waals surface area contributed by atoms with Gasteiger partial charge in [-0.25, -0.2) is 0 Å². The van der Waals surface area contributed by atoms with Crippen molar-refractivity contribution in [3.63, 3.8) is 0 Å². The Balaban J connectivity index is 2.55. The van der Waals surface area contributed by atoms with Crippen molar-refractivity contribution in [2.45, 2.75) is 104 Å². The summed E-state index contributed by atoms with van der Waals surface area (Å²) in [7, 11) is 2.12. The zero-order chi connectivity index (χ0) is 15.8. The monoisotopic (exact) mass is 297 g/mol. The summed E-state index contributed by atoms with van der Waals surface area (Å²) in [5, 5.41) is 3.59. The van der Waals surface area contributed by atoms with Gasteiger partial charge < -0.3 is 10.1 Å². The topological polar surface area (TPSA) is 21.3 Å². The highest BCUT2D eigenvalue weighted by Gasteiger charge is 2.43. The fourth-order valence-electron chi connectivity index (χ4n) is 3.85. The van der Waals surface area contributed by atoms with Gasteiger partial charge in [-0.05, 0) is 51.5 Å². The van der Waals surface area contributed by atoms with E-state index in [9.17, 15) is 0 Å². The average molecular weight is 298 g/mol. The smallest absolute Gasteiger partial charge is 0.0834 e. The molecule has 0 saturated heterocycles. The maximum absolute atomic E-state index is 6.33. The summed E-state index contributed by atoms with van der Waals surface area (Å²) < 4.78 is 6.33. The third-order valence-corrected chi connectivity index (χ3v) is 5.46. The molecule has 0 bridgehead atoms. The molecule has 1 saturated carbocycles. The maximum atomic E-state index is 6.33. The van der Waals surface area contributed by atoms with Crippen LogP contribution in [0.25, 0.3) is 0 Å². The Morgan fingerprint density at radius 2 is 1.57 bits per heavy atom. The van der Waals surface area contributed by atoms with Crippen LogP contribution in [0.15, 0.2) is 0 Å². The van der Waals surface area contributed by atoms with Crippen molar-refractivity contribution >= 4 is 0 Å². The molecular formula is C19H39NO. The van der Waals surface area contributed by atoms with E-state index in [1.54, 1.807) is 0 Å². The Morgan fingerprint density at radius 3 is 2.10 bits per heavy atom. The van der Waals surface area contributed by atoms with Gasteiger partial charge >= 0.3 is 0 Å². The maximum Gasteiger partial charge on any atom is 0.0834 e. The first-order valence-electron chi connectivity index (χ1n) is 9.31. The van der Waals surface area contributed by atoms with Crippen LogP contribution in [0.2, 0.25) is 0 Å². The number of nitrogens with one attached hydrogen (secondary N) is 1. The van der Waals surface area contributed by atoms with Crippen molar-refractivity contribution in [1.82, 2.24) is 5.32 Å². The molecule has 0 spiro atoms. The van der Waals surface area contributed by atoms with Crippen molar-refractivity contribution in [3.8, 4) is 0 Å². The molecule has 0 radical (unpaired) electrons. The SMILES string of the molecule is CCCCCCCC(NC)C1(OCC)CCC(C)(C)CC1. The molecule has 0 aromatic heterocycles. The standard InChI is InChI=1S/C19H39NO/c1-6-8-9-10-11-12-17(20-5)19(21-7-2)15-13-18(3,4)14-16-19/h17,20H,6-16H2,1-5H3. The zero-order valence-electron chi connectivity index (χ0n) is 15.3. The van der Waals surface area contributed by atoms with Gasteiger partial charge in [0.25, 0.3) is 0 Å². The second-order valence-electron chi connectivity index (χ2n) is 7.71. The van der Waals surface area contributed by atoms with Gasteiger partial charge in [-0.3, -0.25) is 0 Å². The lowest BCUT2D eigenvalue weighted by Crippen LogP contribution is -2.54. The van der Waals surface area contributed by atoms with Gasteiger partial charge in [0.15, 0.2) is 0 Å². The van der Waals surface area contributed by atoms with Crippen molar-refractivity contribution in [2.24, 2.45) is 5.41 Å². The summed E-state index contributed by atoms with van der Waals surface area (Å²) in [6.07, 6.45) is 13.1. The molecule has 1 atom stereocenters. The first-order chi connectivity index (χ1) is 9.99. The van der Waals surface area contributed by atoms with Gasteiger partial charge in [0.05, 0.1) is 5.60 Å². The van der Waals surface area contributed by atoms with E-state index in [0.29, 0.717) is 11.5 Å². The highest BCUT2D eigenvalue weighted by atomic mass is 16.5. The summed E-state index contributed by atoms with van der Waals surface area (Å²) in [5.74, 6) is 0. The summed E-state index contributed by atoms with van der Waals surface area (Å²) in [5.41, 5.74) is 0.587. The molecular weight excluding hydrogens is 258 g/mol. The minimum atomic E-state index is 0.0871. The highest BCUT2D eigenvalue weighted by molar-refractivity contribution is 4.98. The normalized spacial score (nSPS) is 22.1. The second-order valence-corrected chi connectivity index (χ2v) is 7.71. The minimum Gasteiger partial charge on any atom is -0.374 e. The first-order valence-corrected chi connectivity index (χ1v) is 9.31. The van der Waals surface area contributed by atoms with Gasteiger partial charge in [-0.15, -0.1) is 0 Å². The number of likely N-dealkylation sites (N-methyl/N-ethyl adjacent to an activating group) is 1. The molecule has 1 aliphatic rings. The Bertz CT molecular complexity index is 265. The molecule has 1 unspecified atom stereocenters. The minimum absolute atomic E-state index is 0.0871. The van der Waals surface area contributed by atoms with Gasteiger partial charge in [-0.1, -0.05) is 52.9 Å². The van der Waals surface area contributed by atoms with Crippen molar-refractivity contribution in [3.05, 3.63) is 0 Å². The molecule has 1 rings (SSSR count). The van der Waals surface area contributed by atoms with E-state index in [1.165, 1.54) is 64.2 Å². The van der Waals surface area contributed by atoms with Crippen LogP contribution in [-0.4, -0.2) is 25.3 Å². The number of ether oxygens (including phenoxy) is 1. The highest BCUT2D eigenvalue weighted by Crippen LogP contribution is 2.44. The van der Waals surface area contributed by atoms with Gasteiger partial charge in [0.1, 0.15) is 0 Å². The lowest BCUT2D eigenvalue weighted by Gasteiger charge is -2.47. The number of rotatable bonds is 10. The molecule has 2 heteroatoms. The lowest BCUT2D eigenvalue weighted by molar-refractivity contribution is -0.107. The quantitative estimate of drug-likeness (QED) is 0.552. The van der Waals surface area contributed by atoms with Gasteiger partial charge in [0, 0.05) is 12.6 Å². The van der Waals surface area contributed by atoms with E-state index in [2.05, 4.69) is 40.1 Å². The molecule has 0 aromatic rings. The van der Waals surface area contributed by atoms with E-state index in [-0.39, 0.29) is 5.60 Å². The second kappa shape index (κ2) is 9.15. The molecule has 126 valence electrons. The predicted octanol–water partition coefficient (Wildman–Crippen LogP) is 5.31. The van der Waals surface area contributed by atoms with Crippen LogP contribution in [0.1, 0.15) is 91.9 Å². The molecule has 2 nitrogen and oxygen atoms in total. The third-order valence-electron chi connectivity index (χ3n) is 5.46. The van der Waals surface area contributed by atoms with Crippen molar-refractivity contribution < 1.29 is 4.74 Å². The largest absolute Gasteiger partial charge is 0.374 e. The van der Waals surface area contributed by atoms with E-state index in [1.807, 2.05) is 0 Å². The van der Waals surface area contributed by atoms with Crippen molar-refractivity contribution in [1.29, 1.82) is 0 Å². The van der Waals surface area contributed by atoms with E-state index in [0.717, 1.165) is 6.61 Å². The zero-order valence-corrected chi connectivity index (χ0v) is 15.3. The van der Waals surface area contributed by atoms with Crippen molar-refractivity contribution in [2.75, 3.05) is 13.7 Å². The molecule has 21 heavy (non-hydrogen) atoms. The summed E-state index contributed by atoms with van der Waals surface area (Å²) in [6, 6.07) is 0.523. The van der Waals surface area contributed by atoms with E-state index in [4.69, 9.17) is 4.74 Å². The fourth-order valence-corrected chi connectivity index (χ4v) is 3.85. The van der Waals surface area contributed by atoms with Crippen LogP contribution in [0.5, 0.6) is 0 Å². The Kier molecular flexibility index (Phi) is 8.26. The molecule has 0 heterocycles. The number of hydrogen-bond donors (Lipinski definition) is 1. The molecule has 0 aliphatic heterocycles. The van der Waals surface area contributed by atoms with Crippen LogP contribution in [0.4, 0.5) is 0 Å². The summed E-state index contributed by atoms with van der Waals surface area (Å²) in [6.45, 7) is 10.1. The van der Waals surface area contributed by atoms with Crippen LogP contribution < -0.4 is 5.32 Å².